The van der Waals surface area contributed by atoms with Crippen LogP contribution in [0.3, 0.4) is 0 Å². The average Bonchev–Trinajstić information content (AvgIpc) is 2.60. The fraction of sp³-hybridized carbons (Fsp3) is 0.316. The Morgan fingerprint density at radius 1 is 1.08 bits per heavy atom. The fourth-order valence-electron chi connectivity index (χ4n) is 2.28. The number of carbonyl (C=O) groups is 1. The standard InChI is InChI=1S/C19H23NO3S/c1-14(2)24(23)18-10-8-16(9-11-18)19(22)20-13-17(21)12-15-6-4-3-5-7-15/h3-11,14,17,21H,12-13H2,1-2H3,(H,20,22). The van der Waals surface area contributed by atoms with Gasteiger partial charge in [0.25, 0.3) is 5.91 Å². The van der Waals surface area contributed by atoms with Crippen molar-refractivity contribution in [3.05, 3.63) is 65.7 Å². The Morgan fingerprint density at radius 3 is 2.29 bits per heavy atom. The van der Waals surface area contributed by atoms with E-state index in [9.17, 15) is 14.1 Å². The van der Waals surface area contributed by atoms with Gasteiger partial charge in [0.15, 0.2) is 0 Å². The van der Waals surface area contributed by atoms with Crippen molar-refractivity contribution in [2.75, 3.05) is 6.54 Å². The summed E-state index contributed by atoms with van der Waals surface area (Å²) in [5.41, 5.74) is 1.52. The van der Waals surface area contributed by atoms with Crippen molar-refractivity contribution in [1.82, 2.24) is 5.32 Å². The number of hydrogen-bond donors (Lipinski definition) is 2. The van der Waals surface area contributed by atoms with Crippen LogP contribution in [-0.2, 0) is 17.2 Å². The Balaban J connectivity index is 1.87. The van der Waals surface area contributed by atoms with Crippen molar-refractivity contribution in [3.63, 3.8) is 0 Å². The molecule has 0 aromatic heterocycles. The maximum absolute atomic E-state index is 12.1. The van der Waals surface area contributed by atoms with Crippen molar-refractivity contribution in [3.8, 4) is 0 Å². The molecule has 0 saturated heterocycles. The lowest BCUT2D eigenvalue weighted by molar-refractivity contribution is 0.0916. The zero-order valence-corrected chi connectivity index (χ0v) is 14.8. The Bertz CT molecular complexity index is 684. The maximum Gasteiger partial charge on any atom is 0.251 e. The third kappa shape index (κ3) is 5.28. The lowest BCUT2D eigenvalue weighted by Gasteiger charge is -2.12. The molecule has 1 amide bonds. The summed E-state index contributed by atoms with van der Waals surface area (Å²) in [4.78, 5) is 12.8. The molecule has 128 valence electrons. The molecule has 2 unspecified atom stereocenters. The Labute approximate surface area is 145 Å². The monoisotopic (exact) mass is 345 g/mol. The van der Waals surface area contributed by atoms with E-state index in [0.29, 0.717) is 16.9 Å². The van der Waals surface area contributed by atoms with Crippen LogP contribution in [0, 0.1) is 0 Å². The van der Waals surface area contributed by atoms with E-state index >= 15 is 0 Å². The molecule has 2 aromatic carbocycles. The molecule has 2 rings (SSSR count). The largest absolute Gasteiger partial charge is 0.391 e. The molecular formula is C19H23NO3S. The topological polar surface area (TPSA) is 66.4 Å². The molecule has 2 N–H and O–H groups in total. The molecular weight excluding hydrogens is 322 g/mol. The van der Waals surface area contributed by atoms with Crippen molar-refractivity contribution in [1.29, 1.82) is 0 Å². The molecule has 0 aliphatic heterocycles. The van der Waals surface area contributed by atoms with Gasteiger partial charge in [-0.1, -0.05) is 44.2 Å². The van der Waals surface area contributed by atoms with Gasteiger partial charge in [-0.05, 0) is 29.8 Å². The number of amides is 1. The molecule has 0 radical (unpaired) electrons. The Hall–Kier alpha value is -1.98. The first-order valence-electron chi connectivity index (χ1n) is 7.98. The smallest absolute Gasteiger partial charge is 0.251 e. The van der Waals surface area contributed by atoms with E-state index in [4.69, 9.17) is 0 Å². The van der Waals surface area contributed by atoms with Crippen LogP contribution in [-0.4, -0.2) is 33.1 Å². The lowest BCUT2D eigenvalue weighted by Crippen LogP contribution is -2.33. The molecule has 2 aromatic rings. The van der Waals surface area contributed by atoms with E-state index in [0.717, 1.165) is 5.56 Å². The average molecular weight is 345 g/mol. The second kappa shape index (κ2) is 8.76. The summed E-state index contributed by atoms with van der Waals surface area (Å²) in [6.45, 7) is 3.98. The molecule has 5 heteroatoms. The molecule has 0 spiro atoms. The van der Waals surface area contributed by atoms with Gasteiger partial charge in [0.05, 0.1) is 16.9 Å². The molecule has 2 atom stereocenters. The summed E-state index contributed by atoms with van der Waals surface area (Å²) < 4.78 is 12.0. The maximum atomic E-state index is 12.1. The first-order valence-corrected chi connectivity index (χ1v) is 9.19. The van der Waals surface area contributed by atoms with Crippen LogP contribution in [0.4, 0.5) is 0 Å². The zero-order chi connectivity index (χ0) is 17.5. The lowest BCUT2D eigenvalue weighted by atomic mass is 10.1. The van der Waals surface area contributed by atoms with Crippen molar-refractivity contribution >= 4 is 16.7 Å². The molecule has 0 fully saturated rings. The van der Waals surface area contributed by atoms with Gasteiger partial charge in [0, 0.05) is 28.7 Å². The number of aliphatic hydroxyl groups is 1. The van der Waals surface area contributed by atoms with Gasteiger partial charge in [0.1, 0.15) is 0 Å². The summed E-state index contributed by atoms with van der Waals surface area (Å²) in [6, 6.07) is 16.4. The van der Waals surface area contributed by atoms with E-state index in [-0.39, 0.29) is 17.7 Å². The van der Waals surface area contributed by atoms with Gasteiger partial charge in [-0.2, -0.15) is 0 Å². The van der Waals surface area contributed by atoms with E-state index in [1.54, 1.807) is 24.3 Å². The second-order valence-electron chi connectivity index (χ2n) is 5.92. The Morgan fingerprint density at radius 2 is 1.71 bits per heavy atom. The van der Waals surface area contributed by atoms with Crippen LogP contribution in [0.1, 0.15) is 29.8 Å². The summed E-state index contributed by atoms with van der Waals surface area (Å²) in [5, 5.41) is 12.8. The van der Waals surface area contributed by atoms with Gasteiger partial charge < -0.3 is 10.4 Å². The first kappa shape index (κ1) is 18.4. The minimum Gasteiger partial charge on any atom is -0.391 e. The van der Waals surface area contributed by atoms with Crippen molar-refractivity contribution in [2.24, 2.45) is 0 Å². The number of aliphatic hydroxyl groups excluding tert-OH is 1. The third-order valence-corrected chi connectivity index (χ3v) is 5.18. The molecule has 0 saturated carbocycles. The second-order valence-corrected chi connectivity index (χ2v) is 7.93. The third-order valence-electron chi connectivity index (χ3n) is 3.59. The van der Waals surface area contributed by atoms with Gasteiger partial charge in [-0.25, -0.2) is 0 Å². The van der Waals surface area contributed by atoms with E-state index in [1.807, 2.05) is 44.2 Å². The number of nitrogens with one attached hydrogen (secondary N) is 1. The summed E-state index contributed by atoms with van der Waals surface area (Å²) in [7, 11) is -1.06. The van der Waals surface area contributed by atoms with Crippen LogP contribution >= 0.6 is 0 Å². The van der Waals surface area contributed by atoms with Crippen LogP contribution in [0.5, 0.6) is 0 Å². The van der Waals surface area contributed by atoms with E-state index in [1.165, 1.54) is 0 Å². The highest BCUT2D eigenvalue weighted by atomic mass is 32.2. The highest BCUT2D eigenvalue weighted by Gasteiger charge is 2.12. The minimum atomic E-state index is -1.06. The molecule has 0 aliphatic carbocycles. The van der Waals surface area contributed by atoms with E-state index < -0.39 is 16.9 Å². The van der Waals surface area contributed by atoms with Gasteiger partial charge >= 0.3 is 0 Å². The highest BCUT2D eigenvalue weighted by molar-refractivity contribution is 7.85. The van der Waals surface area contributed by atoms with Crippen molar-refractivity contribution < 1.29 is 14.1 Å². The first-order chi connectivity index (χ1) is 11.5. The minimum absolute atomic E-state index is 0.0396. The summed E-state index contributed by atoms with van der Waals surface area (Å²) in [6.07, 6.45) is -0.142. The molecule has 4 nitrogen and oxygen atoms in total. The van der Waals surface area contributed by atoms with Crippen molar-refractivity contribution in [2.45, 2.75) is 36.5 Å². The molecule has 0 heterocycles. The predicted octanol–water partition coefficient (Wildman–Crippen LogP) is 2.54. The SMILES string of the molecule is CC(C)S(=O)c1ccc(C(=O)NCC(O)Cc2ccccc2)cc1. The zero-order valence-electron chi connectivity index (χ0n) is 13.9. The number of hydrogen-bond acceptors (Lipinski definition) is 3. The van der Waals surface area contributed by atoms with Crippen LogP contribution in [0.15, 0.2) is 59.5 Å². The highest BCUT2D eigenvalue weighted by Crippen LogP contribution is 2.12. The number of benzene rings is 2. The quantitative estimate of drug-likeness (QED) is 0.810. The molecule has 0 bridgehead atoms. The van der Waals surface area contributed by atoms with Crippen LogP contribution in [0.25, 0.3) is 0 Å². The van der Waals surface area contributed by atoms with Gasteiger partial charge in [-0.3, -0.25) is 9.00 Å². The molecule has 0 aliphatic rings. The normalized spacial score (nSPS) is 13.5. The number of rotatable bonds is 7. The van der Waals surface area contributed by atoms with Crippen LogP contribution < -0.4 is 5.32 Å². The predicted molar refractivity (Wildman–Crippen MR) is 96.5 cm³/mol. The van der Waals surface area contributed by atoms with E-state index in [2.05, 4.69) is 5.32 Å². The van der Waals surface area contributed by atoms with Gasteiger partial charge in [0.2, 0.25) is 0 Å². The number of carbonyl (C=O) groups excluding carboxylic acids is 1. The molecule has 24 heavy (non-hydrogen) atoms. The summed E-state index contributed by atoms with van der Waals surface area (Å²) in [5.74, 6) is -0.246. The van der Waals surface area contributed by atoms with Gasteiger partial charge in [-0.15, -0.1) is 0 Å². The fourth-order valence-corrected chi connectivity index (χ4v) is 3.23. The Kier molecular flexibility index (Phi) is 6.70. The summed E-state index contributed by atoms with van der Waals surface area (Å²) >= 11 is 0. The van der Waals surface area contributed by atoms with Crippen LogP contribution in [0.2, 0.25) is 0 Å².